The highest BCUT2D eigenvalue weighted by Crippen LogP contribution is 2.14. The van der Waals surface area contributed by atoms with Crippen molar-refractivity contribution in [2.45, 2.75) is 6.92 Å². The van der Waals surface area contributed by atoms with Crippen molar-refractivity contribution in [2.24, 2.45) is 5.73 Å². The Bertz CT molecular complexity index is 423. The lowest BCUT2D eigenvalue weighted by Crippen LogP contribution is -2.19. The van der Waals surface area contributed by atoms with Crippen molar-refractivity contribution in [1.82, 2.24) is 0 Å². The van der Waals surface area contributed by atoms with E-state index >= 15 is 0 Å². The SMILES string of the molecule is CCOC(=O)c1cc(F)cc(NC(N)=S)c1. The molecule has 0 aromatic heterocycles. The fourth-order valence-electron chi connectivity index (χ4n) is 1.14. The number of ether oxygens (including phenoxy) is 1. The zero-order valence-electron chi connectivity index (χ0n) is 8.62. The molecule has 0 fully saturated rings. The number of carbonyl (C=O) groups excluding carboxylic acids is 1. The van der Waals surface area contributed by atoms with Crippen LogP contribution in [0.2, 0.25) is 0 Å². The molecule has 3 N–H and O–H groups in total. The number of nitrogens with two attached hydrogens (primary N) is 1. The van der Waals surface area contributed by atoms with Gasteiger partial charge in [0.1, 0.15) is 5.82 Å². The predicted octanol–water partition coefficient (Wildman–Crippen LogP) is 1.66. The fraction of sp³-hybridized carbons (Fsp3) is 0.200. The van der Waals surface area contributed by atoms with Crippen molar-refractivity contribution in [1.29, 1.82) is 0 Å². The molecule has 1 aromatic rings. The maximum absolute atomic E-state index is 13.1. The molecule has 0 amide bonds. The molecule has 16 heavy (non-hydrogen) atoms. The van der Waals surface area contributed by atoms with Crippen LogP contribution in [-0.4, -0.2) is 17.7 Å². The Morgan fingerprint density at radius 1 is 1.56 bits per heavy atom. The average Bonchev–Trinajstić information content (AvgIpc) is 2.15. The summed E-state index contributed by atoms with van der Waals surface area (Å²) in [5, 5.41) is 2.54. The van der Waals surface area contributed by atoms with Crippen molar-refractivity contribution >= 4 is 29.0 Å². The minimum absolute atomic E-state index is 0.000379. The lowest BCUT2D eigenvalue weighted by Gasteiger charge is -2.07. The van der Waals surface area contributed by atoms with Crippen LogP contribution in [0, 0.1) is 5.82 Å². The van der Waals surface area contributed by atoms with Gasteiger partial charge in [-0.15, -0.1) is 0 Å². The number of benzene rings is 1. The van der Waals surface area contributed by atoms with E-state index in [0.717, 1.165) is 6.07 Å². The lowest BCUT2D eigenvalue weighted by molar-refractivity contribution is 0.0526. The predicted molar refractivity (Wildman–Crippen MR) is 62.8 cm³/mol. The lowest BCUT2D eigenvalue weighted by atomic mass is 10.2. The third kappa shape index (κ3) is 3.47. The smallest absolute Gasteiger partial charge is 0.338 e. The Morgan fingerprint density at radius 3 is 2.81 bits per heavy atom. The van der Waals surface area contributed by atoms with E-state index in [2.05, 4.69) is 17.5 Å². The zero-order chi connectivity index (χ0) is 12.1. The molecule has 6 heteroatoms. The van der Waals surface area contributed by atoms with Gasteiger partial charge in [0.05, 0.1) is 12.2 Å². The highest BCUT2D eigenvalue weighted by atomic mass is 32.1. The summed E-state index contributed by atoms with van der Waals surface area (Å²) in [6, 6.07) is 3.69. The normalized spacial score (nSPS) is 9.62. The first-order chi connectivity index (χ1) is 7.52. The van der Waals surface area contributed by atoms with Crippen LogP contribution in [0.5, 0.6) is 0 Å². The summed E-state index contributed by atoms with van der Waals surface area (Å²) in [4.78, 5) is 11.4. The van der Waals surface area contributed by atoms with Crippen LogP contribution in [0.3, 0.4) is 0 Å². The number of rotatable bonds is 3. The number of anilines is 1. The topological polar surface area (TPSA) is 64.3 Å². The molecule has 0 spiro atoms. The quantitative estimate of drug-likeness (QED) is 0.623. The van der Waals surface area contributed by atoms with E-state index in [1.165, 1.54) is 12.1 Å². The zero-order valence-corrected chi connectivity index (χ0v) is 9.44. The number of esters is 1. The molecule has 86 valence electrons. The standard InChI is InChI=1S/C10H11FN2O2S/c1-2-15-9(14)6-3-7(11)5-8(4-6)13-10(12)16/h3-5H,2H2,1H3,(H3,12,13,16). The van der Waals surface area contributed by atoms with Crippen molar-refractivity contribution in [3.8, 4) is 0 Å². The van der Waals surface area contributed by atoms with E-state index in [9.17, 15) is 9.18 Å². The summed E-state index contributed by atoms with van der Waals surface area (Å²) >= 11 is 4.61. The first-order valence-electron chi connectivity index (χ1n) is 4.57. The first-order valence-corrected chi connectivity index (χ1v) is 4.98. The second-order valence-corrected chi connectivity index (χ2v) is 3.38. The van der Waals surface area contributed by atoms with Crippen molar-refractivity contribution in [3.63, 3.8) is 0 Å². The van der Waals surface area contributed by atoms with E-state index in [1.807, 2.05) is 0 Å². The van der Waals surface area contributed by atoms with Crippen LogP contribution in [0.25, 0.3) is 0 Å². The van der Waals surface area contributed by atoms with Gasteiger partial charge in [-0.1, -0.05) is 0 Å². The van der Waals surface area contributed by atoms with E-state index in [1.54, 1.807) is 6.92 Å². The van der Waals surface area contributed by atoms with Gasteiger partial charge in [-0.05, 0) is 37.3 Å². The molecule has 4 nitrogen and oxygen atoms in total. The van der Waals surface area contributed by atoms with Gasteiger partial charge in [-0.25, -0.2) is 9.18 Å². The Kier molecular flexibility index (Phi) is 4.19. The number of hydrogen-bond donors (Lipinski definition) is 2. The summed E-state index contributed by atoms with van der Waals surface area (Å²) in [5.41, 5.74) is 5.67. The first kappa shape index (κ1) is 12.4. The van der Waals surface area contributed by atoms with E-state index in [-0.39, 0.29) is 17.3 Å². The van der Waals surface area contributed by atoms with Gasteiger partial charge in [0, 0.05) is 5.69 Å². The molecule has 0 aliphatic heterocycles. The Hall–Kier alpha value is -1.69. The molecule has 0 bridgehead atoms. The van der Waals surface area contributed by atoms with E-state index in [0.29, 0.717) is 5.69 Å². The molecule has 1 rings (SSSR count). The summed E-state index contributed by atoms with van der Waals surface area (Å²) < 4.78 is 17.9. The highest BCUT2D eigenvalue weighted by Gasteiger charge is 2.09. The van der Waals surface area contributed by atoms with Crippen LogP contribution >= 0.6 is 12.2 Å². The van der Waals surface area contributed by atoms with Crippen molar-refractivity contribution in [2.75, 3.05) is 11.9 Å². The second kappa shape index (κ2) is 5.41. The third-order valence-corrected chi connectivity index (χ3v) is 1.78. The largest absolute Gasteiger partial charge is 0.462 e. The summed E-state index contributed by atoms with van der Waals surface area (Å²) in [6.45, 7) is 1.90. The van der Waals surface area contributed by atoms with Crippen LogP contribution < -0.4 is 11.1 Å². The second-order valence-electron chi connectivity index (χ2n) is 2.94. The molecule has 0 aliphatic carbocycles. The minimum Gasteiger partial charge on any atom is -0.462 e. The molecule has 0 heterocycles. The maximum Gasteiger partial charge on any atom is 0.338 e. The van der Waals surface area contributed by atoms with E-state index in [4.69, 9.17) is 10.5 Å². The molecule has 0 unspecified atom stereocenters. The Labute approximate surface area is 97.6 Å². The Morgan fingerprint density at radius 2 is 2.25 bits per heavy atom. The number of halogens is 1. The monoisotopic (exact) mass is 242 g/mol. The van der Waals surface area contributed by atoms with Gasteiger partial charge in [-0.3, -0.25) is 0 Å². The van der Waals surface area contributed by atoms with Gasteiger partial charge in [0.15, 0.2) is 5.11 Å². The fourth-order valence-corrected chi connectivity index (χ4v) is 1.25. The average molecular weight is 242 g/mol. The van der Waals surface area contributed by atoms with Crippen molar-refractivity contribution in [3.05, 3.63) is 29.6 Å². The third-order valence-electron chi connectivity index (χ3n) is 1.68. The molecule has 0 saturated carbocycles. The van der Waals surface area contributed by atoms with Crippen molar-refractivity contribution < 1.29 is 13.9 Å². The van der Waals surface area contributed by atoms with Gasteiger partial charge in [-0.2, -0.15) is 0 Å². The molecule has 0 aliphatic rings. The number of thiocarbonyl (C=S) groups is 1. The molecular formula is C10H11FN2O2S. The van der Waals surface area contributed by atoms with Crippen LogP contribution in [0.4, 0.5) is 10.1 Å². The van der Waals surface area contributed by atoms with Crippen LogP contribution in [0.1, 0.15) is 17.3 Å². The molecular weight excluding hydrogens is 231 g/mol. The van der Waals surface area contributed by atoms with Gasteiger partial charge < -0.3 is 15.8 Å². The highest BCUT2D eigenvalue weighted by molar-refractivity contribution is 7.80. The van der Waals surface area contributed by atoms with Crippen LogP contribution in [0.15, 0.2) is 18.2 Å². The van der Waals surface area contributed by atoms with Gasteiger partial charge in [0.25, 0.3) is 0 Å². The number of nitrogens with one attached hydrogen (secondary N) is 1. The molecule has 0 radical (unpaired) electrons. The Balaban J connectivity index is 2.97. The van der Waals surface area contributed by atoms with Crippen LogP contribution in [-0.2, 0) is 4.74 Å². The molecule has 1 aromatic carbocycles. The number of carbonyl (C=O) groups is 1. The minimum atomic E-state index is -0.590. The van der Waals surface area contributed by atoms with Gasteiger partial charge in [0.2, 0.25) is 0 Å². The maximum atomic E-state index is 13.1. The molecule has 0 atom stereocenters. The van der Waals surface area contributed by atoms with E-state index < -0.39 is 11.8 Å². The number of hydrogen-bond acceptors (Lipinski definition) is 3. The molecule has 0 saturated heterocycles. The summed E-state index contributed by atoms with van der Waals surface area (Å²) in [7, 11) is 0. The summed E-state index contributed by atoms with van der Waals surface area (Å²) in [5.74, 6) is -1.16. The summed E-state index contributed by atoms with van der Waals surface area (Å²) in [6.07, 6.45) is 0. The van der Waals surface area contributed by atoms with Gasteiger partial charge >= 0.3 is 5.97 Å².